The summed E-state index contributed by atoms with van der Waals surface area (Å²) in [5.74, 6) is -1.84. The molecule has 210 valence electrons. The van der Waals surface area contributed by atoms with E-state index < -0.39 is 24.1 Å². The highest BCUT2D eigenvalue weighted by Crippen LogP contribution is 2.66. The van der Waals surface area contributed by atoms with Gasteiger partial charge in [0.2, 0.25) is 11.8 Å². The molecule has 2 saturated carbocycles. The number of hydrogen-bond donors (Lipinski definition) is 4. The Morgan fingerprint density at radius 2 is 1.84 bits per heavy atom. The van der Waals surface area contributed by atoms with Crippen molar-refractivity contribution in [2.45, 2.75) is 97.4 Å². The molecule has 1 aliphatic heterocycles. The van der Waals surface area contributed by atoms with Crippen molar-refractivity contribution in [2.75, 3.05) is 6.54 Å². The number of fused-ring (bicyclic) bond motifs is 2. The van der Waals surface area contributed by atoms with E-state index >= 15 is 0 Å². The van der Waals surface area contributed by atoms with Crippen LogP contribution in [0.2, 0.25) is 0 Å². The van der Waals surface area contributed by atoms with E-state index in [9.17, 15) is 29.7 Å². The number of hydrogen-bond acceptors (Lipinski definition) is 7. The van der Waals surface area contributed by atoms with Gasteiger partial charge in [0.1, 0.15) is 24.3 Å². The highest BCUT2D eigenvalue weighted by atomic mass is 16.5. The second-order valence-corrected chi connectivity index (χ2v) is 12.5. The summed E-state index contributed by atoms with van der Waals surface area (Å²) in [6.45, 7) is 10.7. The molecule has 9 nitrogen and oxygen atoms in total. The average molecular weight is 531 g/mol. The van der Waals surface area contributed by atoms with Gasteiger partial charge in [0.15, 0.2) is 11.5 Å². The number of benzene rings is 1. The molecule has 2 aliphatic carbocycles. The Kier molecular flexibility index (Phi) is 7.72. The van der Waals surface area contributed by atoms with Crippen LogP contribution in [-0.4, -0.2) is 68.8 Å². The molecule has 1 heterocycles. The molecule has 1 aromatic carbocycles. The van der Waals surface area contributed by atoms with Gasteiger partial charge in [0, 0.05) is 18.4 Å². The molecule has 1 saturated heterocycles. The minimum absolute atomic E-state index is 0.0698. The van der Waals surface area contributed by atoms with Crippen LogP contribution in [-0.2, 0) is 25.5 Å². The summed E-state index contributed by atoms with van der Waals surface area (Å²) in [7, 11) is 0. The number of ether oxygens (including phenoxy) is 1. The third-order valence-electron chi connectivity index (χ3n) is 9.78. The standard InChI is InChI=1S/C29H42N2O7/c1-16(2)24(30-25(35)22(34)14-17-8-9-20(32)21(33)13-17)26(36)31-12-6-7-19(31)27(37)38-23-15-18-10-11-29(23,5)28(18,3)4/h8-9,13,16,18-19,22-24,32-34H,6-7,10-12,14-15H2,1-5H3,(H,30,35). The third-order valence-corrected chi connectivity index (χ3v) is 9.78. The molecular formula is C29H42N2O7. The van der Waals surface area contributed by atoms with E-state index in [1.165, 1.54) is 23.1 Å². The Bertz CT molecular complexity index is 1090. The number of nitrogens with zero attached hydrogens (tertiary/aromatic N) is 1. The van der Waals surface area contributed by atoms with E-state index in [1.54, 1.807) is 13.8 Å². The van der Waals surface area contributed by atoms with Crippen molar-refractivity contribution >= 4 is 17.8 Å². The maximum Gasteiger partial charge on any atom is 0.329 e. The minimum Gasteiger partial charge on any atom is -0.504 e. The second-order valence-electron chi connectivity index (χ2n) is 12.5. The van der Waals surface area contributed by atoms with Gasteiger partial charge in [0.25, 0.3) is 0 Å². The number of aliphatic hydroxyl groups excluding tert-OH is 1. The molecule has 3 aliphatic rings. The van der Waals surface area contributed by atoms with Gasteiger partial charge in [-0.15, -0.1) is 0 Å². The van der Waals surface area contributed by atoms with E-state index in [0.29, 0.717) is 30.9 Å². The van der Waals surface area contributed by atoms with Crippen LogP contribution in [0.4, 0.5) is 0 Å². The Labute approximate surface area is 224 Å². The molecule has 6 atom stereocenters. The first-order chi connectivity index (χ1) is 17.8. The monoisotopic (exact) mass is 530 g/mol. The van der Waals surface area contributed by atoms with Crippen molar-refractivity contribution in [1.82, 2.24) is 10.2 Å². The molecular weight excluding hydrogens is 488 g/mol. The maximum atomic E-state index is 13.6. The Morgan fingerprint density at radius 3 is 2.42 bits per heavy atom. The molecule has 6 unspecified atom stereocenters. The fourth-order valence-corrected chi connectivity index (χ4v) is 6.76. The number of aliphatic hydroxyl groups is 1. The number of phenolic OH excluding ortho intramolecular Hbond substituents is 2. The largest absolute Gasteiger partial charge is 0.504 e. The maximum absolute atomic E-state index is 13.6. The first-order valence-corrected chi connectivity index (χ1v) is 13.8. The van der Waals surface area contributed by atoms with Crippen molar-refractivity contribution in [3.8, 4) is 11.5 Å². The number of rotatable bonds is 8. The number of aromatic hydroxyl groups is 2. The van der Waals surface area contributed by atoms with Gasteiger partial charge in [-0.05, 0) is 67.1 Å². The van der Waals surface area contributed by atoms with Crippen LogP contribution in [0.25, 0.3) is 0 Å². The molecule has 3 fully saturated rings. The summed E-state index contributed by atoms with van der Waals surface area (Å²) in [4.78, 5) is 41.3. The number of likely N-dealkylation sites (tertiary alicyclic amines) is 1. The molecule has 2 amide bonds. The number of esters is 1. The van der Waals surface area contributed by atoms with E-state index in [1.807, 2.05) is 0 Å². The third kappa shape index (κ3) is 4.97. The molecule has 2 bridgehead atoms. The van der Waals surface area contributed by atoms with Crippen molar-refractivity contribution in [2.24, 2.45) is 22.7 Å². The smallest absolute Gasteiger partial charge is 0.329 e. The van der Waals surface area contributed by atoms with Crippen LogP contribution in [0.15, 0.2) is 18.2 Å². The highest BCUT2D eigenvalue weighted by molar-refractivity contribution is 5.92. The molecule has 0 aromatic heterocycles. The number of nitrogens with one attached hydrogen (secondary N) is 1. The number of phenols is 2. The minimum atomic E-state index is -1.46. The summed E-state index contributed by atoms with van der Waals surface area (Å²) in [5, 5.41) is 32.3. The average Bonchev–Trinajstić information content (AvgIpc) is 3.47. The van der Waals surface area contributed by atoms with E-state index in [4.69, 9.17) is 4.74 Å². The second kappa shape index (κ2) is 10.4. The molecule has 38 heavy (non-hydrogen) atoms. The lowest BCUT2D eigenvalue weighted by Gasteiger charge is -2.39. The highest BCUT2D eigenvalue weighted by Gasteiger charge is 2.63. The molecule has 0 spiro atoms. The summed E-state index contributed by atoms with van der Waals surface area (Å²) < 4.78 is 6.09. The SMILES string of the molecule is CC(C)C(NC(=O)C(O)Cc1ccc(O)c(O)c1)C(=O)N1CCCC1C(=O)OC1CC2CCC1(C)C2(C)C. The van der Waals surface area contributed by atoms with Gasteiger partial charge in [-0.2, -0.15) is 0 Å². The van der Waals surface area contributed by atoms with Crippen molar-refractivity contribution < 1.29 is 34.4 Å². The quantitative estimate of drug-likeness (QED) is 0.300. The van der Waals surface area contributed by atoms with Gasteiger partial charge in [-0.3, -0.25) is 9.59 Å². The predicted molar refractivity (Wildman–Crippen MR) is 140 cm³/mol. The van der Waals surface area contributed by atoms with Gasteiger partial charge in [-0.25, -0.2) is 4.79 Å². The van der Waals surface area contributed by atoms with Crippen LogP contribution >= 0.6 is 0 Å². The summed E-state index contributed by atoms with van der Waals surface area (Å²) >= 11 is 0. The lowest BCUT2D eigenvalue weighted by molar-refractivity contribution is -0.165. The zero-order valence-corrected chi connectivity index (χ0v) is 23.1. The molecule has 9 heteroatoms. The zero-order valence-electron chi connectivity index (χ0n) is 23.1. The van der Waals surface area contributed by atoms with E-state index in [0.717, 1.165) is 19.3 Å². The molecule has 4 rings (SSSR count). The molecule has 4 N–H and O–H groups in total. The lowest BCUT2D eigenvalue weighted by Crippen LogP contribution is -2.56. The first-order valence-electron chi connectivity index (χ1n) is 13.8. The summed E-state index contributed by atoms with van der Waals surface area (Å²) in [6.07, 6.45) is 2.52. The van der Waals surface area contributed by atoms with Crippen molar-refractivity contribution in [3.63, 3.8) is 0 Å². The van der Waals surface area contributed by atoms with Crippen LogP contribution in [0.1, 0.15) is 72.3 Å². The number of carbonyl (C=O) groups is 3. The van der Waals surface area contributed by atoms with Gasteiger partial charge in [0.05, 0.1) is 0 Å². The van der Waals surface area contributed by atoms with Gasteiger partial charge in [-0.1, -0.05) is 40.7 Å². The number of amides is 2. The van der Waals surface area contributed by atoms with E-state index in [2.05, 4.69) is 26.1 Å². The van der Waals surface area contributed by atoms with Crippen LogP contribution in [0.3, 0.4) is 0 Å². The Balaban J connectivity index is 1.40. The van der Waals surface area contributed by atoms with E-state index in [-0.39, 0.29) is 52.6 Å². The Hall–Kier alpha value is -2.81. The number of carbonyl (C=O) groups excluding carboxylic acids is 3. The van der Waals surface area contributed by atoms with Crippen molar-refractivity contribution in [1.29, 1.82) is 0 Å². The predicted octanol–water partition coefficient (Wildman–Crippen LogP) is 2.89. The summed E-state index contributed by atoms with van der Waals surface area (Å²) in [6, 6.07) is 2.44. The molecule has 1 aromatic rings. The lowest BCUT2D eigenvalue weighted by atomic mass is 9.70. The van der Waals surface area contributed by atoms with Crippen molar-refractivity contribution in [3.05, 3.63) is 23.8 Å². The van der Waals surface area contributed by atoms with Gasteiger partial charge >= 0.3 is 5.97 Å². The fourth-order valence-electron chi connectivity index (χ4n) is 6.76. The zero-order chi connectivity index (χ0) is 28.0. The topological polar surface area (TPSA) is 136 Å². The van der Waals surface area contributed by atoms with Crippen LogP contribution in [0, 0.1) is 22.7 Å². The normalized spacial score (nSPS) is 29.3. The van der Waals surface area contributed by atoms with Crippen LogP contribution in [0.5, 0.6) is 11.5 Å². The fraction of sp³-hybridized carbons (Fsp3) is 0.690. The van der Waals surface area contributed by atoms with Gasteiger partial charge < -0.3 is 30.3 Å². The van der Waals surface area contributed by atoms with Crippen LogP contribution < -0.4 is 5.32 Å². The Morgan fingerprint density at radius 1 is 1.13 bits per heavy atom. The molecule has 0 radical (unpaired) electrons. The summed E-state index contributed by atoms with van der Waals surface area (Å²) in [5.41, 5.74) is 0.491. The first kappa shape index (κ1) is 28.2.